The second kappa shape index (κ2) is 8.07. The summed E-state index contributed by atoms with van der Waals surface area (Å²) in [6.45, 7) is 3.93. The van der Waals surface area contributed by atoms with Crippen LogP contribution in [-0.4, -0.2) is 65.1 Å². The number of imidazole rings is 1. The number of nitrogens with one attached hydrogen (secondary N) is 1. The Kier molecular flexibility index (Phi) is 5.84. The molecule has 3 rings (SSSR count). The van der Waals surface area contributed by atoms with Gasteiger partial charge in [-0.1, -0.05) is 12.1 Å². The minimum atomic E-state index is -0.389. The van der Waals surface area contributed by atoms with Crippen molar-refractivity contribution in [3.63, 3.8) is 0 Å². The molecule has 2 heterocycles. The molecule has 24 heavy (non-hydrogen) atoms. The summed E-state index contributed by atoms with van der Waals surface area (Å²) in [6, 6.07) is 8.76. The maximum Gasteiger partial charge on any atom is 0.123 e. The molecule has 1 fully saturated rings. The lowest BCUT2D eigenvalue weighted by Gasteiger charge is -2.33. The number of aryl methyl sites for hydroxylation is 1. The van der Waals surface area contributed by atoms with Gasteiger partial charge in [-0.2, -0.15) is 0 Å². The van der Waals surface area contributed by atoms with Crippen molar-refractivity contribution < 1.29 is 9.84 Å². The van der Waals surface area contributed by atoms with Crippen LogP contribution < -0.4 is 5.32 Å². The predicted molar refractivity (Wildman–Crippen MR) is 94.9 cm³/mol. The van der Waals surface area contributed by atoms with E-state index in [-0.39, 0.29) is 6.10 Å². The summed E-state index contributed by atoms with van der Waals surface area (Å²) in [5.74, 6) is 1.08. The summed E-state index contributed by atoms with van der Waals surface area (Å²) in [4.78, 5) is 7.03. The van der Waals surface area contributed by atoms with Crippen LogP contribution in [0.15, 0.2) is 24.3 Å². The Morgan fingerprint density at radius 1 is 1.33 bits per heavy atom. The lowest BCUT2D eigenvalue weighted by Crippen LogP contribution is -2.45. The van der Waals surface area contributed by atoms with Gasteiger partial charge in [0.1, 0.15) is 5.82 Å². The number of aromatic nitrogens is 2. The molecule has 6 nitrogen and oxygen atoms in total. The van der Waals surface area contributed by atoms with E-state index in [0.717, 1.165) is 43.8 Å². The fraction of sp³-hybridized carbons (Fsp3) is 0.611. The van der Waals surface area contributed by atoms with Gasteiger partial charge in [0.2, 0.25) is 0 Å². The van der Waals surface area contributed by atoms with Crippen LogP contribution in [0.3, 0.4) is 0 Å². The molecule has 0 aliphatic carbocycles. The average Bonchev–Trinajstić information content (AvgIpc) is 2.91. The highest BCUT2D eigenvalue weighted by Gasteiger charge is 2.21. The molecule has 0 spiro atoms. The number of piperidine rings is 1. The Balaban J connectivity index is 1.47. The zero-order valence-electron chi connectivity index (χ0n) is 14.6. The van der Waals surface area contributed by atoms with Gasteiger partial charge >= 0.3 is 0 Å². The molecule has 2 N–H and O–H groups in total. The molecule has 0 radical (unpaired) electrons. The van der Waals surface area contributed by atoms with E-state index in [2.05, 4.69) is 40.0 Å². The number of aliphatic hydroxyl groups excluding tert-OH is 1. The number of para-hydroxylation sites is 2. The molecular weight excluding hydrogens is 304 g/mol. The van der Waals surface area contributed by atoms with Crippen molar-refractivity contribution in [2.45, 2.75) is 31.5 Å². The van der Waals surface area contributed by atoms with Gasteiger partial charge in [0.05, 0.1) is 30.3 Å². The van der Waals surface area contributed by atoms with Crippen LogP contribution in [0.25, 0.3) is 11.0 Å². The first kappa shape index (κ1) is 17.4. The Morgan fingerprint density at radius 3 is 2.79 bits per heavy atom. The van der Waals surface area contributed by atoms with E-state index < -0.39 is 0 Å². The van der Waals surface area contributed by atoms with E-state index in [1.54, 1.807) is 7.11 Å². The molecule has 1 unspecified atom stereocenters. The van der Waals surface area contributed by atoms with Crippen LogP contribution in [0.4, 0.5) is 0 Å². The van der Waals surface area contributed by atoms with Crippen molar-refractivity contribution in [1.82, 2.24) is 19.8 Å². The molecule has 1 aliphatic heterocycles. The molecule has 6 heteroatoms. The number of hydrogen-bond acceptors (Lipinski definition) is 5. The molecule has 1 atom stereocenters. The molecule has 1 aliphatic rings. The number of aliphatic hydroxyl groups is 1. The number of β-amino-alcohol motifs (C(OH)–C–C–N with tert-alkyl or cyclic N) is 1. The smallest absolute Gasteiger partial charge is 0.123 e. The summed E-state index contributed by atoms with van der Waals surface area (Å²) in [5.41, 5.74) is 2.23. The van der Waals surface area contributed by atoms with Gasteiger partial charge in [-0.25, -0.2) is 4.98 Å². The van der Waals surface area contributed by atoms with E-state index in [9.17, 15) is 5.11 Å². The highest BCUT2D eigenvalue weighted by atomic mass is 16.5. The normalized spacial score (nSPS) is 18.3. The fourth-order valence-electron chi connectivity index (χ4n) is 3.45. The lowest BCUT2D eigenvalue weighted by atomic mass is 10.0. The van der Waals surface area contributed by atoms with Crippen molar-refractivity contribution in [1.29, 1.82) is 0 Å². The number of methoxy groups -OCH3 is 1. The Hall–Kier alpha value is -1.47. The standard InChI is InChI=1S/C18H28N4O2/c1-21-17-6-4-3-5-16(17)20-18(21)11-19-14-7-9-22(10-8-14)12-15(23)13-24-2/h3-6,14-15,19,23H,7-13H2,1-2H3. The van der Waals surface area contributed by atoms with Crippen LogP contribution in [-0.2, 0) is 18.3 Å². The van der Waals surface area contributed by atoms with Gasteiger partial charge in [0, 0.05) is 26.7 Å². The molecule has 0 bridgehead atoms. The van der Waals surface area contributed by atoms with Crippen LogP contribution in [0.5, 0.6) is 0 Å². The predicted octanol–water partition coefficient (Wildman–Crippen LogP) is 1.13. The molecule has 1 saturated heterocycles. The quantitative estimate of drug-likeness (QED) is 0.796. The first-order valence-corrected chi connectivity index (χ1v) is 8.70. The number of fused-ring (bicyclic) bond motifs is 1. The van der Waals surface area contributed by atoms with Crippen molar-refractivity contribution in [2.75, 3.05) is 33.4 Å². The van der Waals surface area contributed by atoms with Gasteiger partial charge < -0.3 is 24.6 Å². The molecule has 0 amide bonds. The topological polar surface area (TPSA) is 62.6 Å². The SMILES string of the molecule is COCC(O)CN1CCC(NCc2nc3ccccc3n2C)CC1. The Morgan fingerprint density at radius 2 is 2.08 bits per heavy atom. The van der Waals surface area contributed by atoms with Gasteiger partial charge in [0.15, 0.2) is 0 Å². The monoisotopic (exact) mass is 332 g/mol. The second-order valence-electron chi connectivity index (χ2n) is 6.64. The number of rotatable bonds is 7. The molecule has 2 aromatic rings. The minimum Gasteiger partial charge on any atom is -0.389 e. The molecule has 1 aromatic carbocycles. The van der Waals surface area contributed by atoms with E-state index in [1.165, 1.54) is 5.52 Å². The van der Waals surface area contributed by atoms with Gasteiger partial charge in [-0.15, -0.1) is 0 Å². The van der Waals surface area contributed by atoms with E-state index in [4.69, 9.17) is 9.72 Å². The summed E-state index contributed by atoms with van der Waals surface area (Å²) in [5, 5.41) is 13.5. The summed E-state index contributed by atoms with van der Waals surface area (Å²) in [7, 11) is 3.70. The van der Waals surface area contributed by atoms with E-state index in [0.29, 0.717) is 19.2 Å². The minimum absolute atomic E-state index is 0.389. The third-order valence-electron chi connectivity index (χ3n) is 4.84. The van der Waals surface area contributed by atoms with Crippen molar-refractivity contribution >= 4 is 11.0 Å². The third-order valence-corrected chi connectivity index (χ3v) is 4.84. The number of benzene rings is 1. The van der Waals surface area contributed by atoms with E-state index in [1.807, 2.05) is 6.07 Å². The Labute approximate surface area is 143 Å². The second-order valence-corrected chi connectivity index (χ2v) is 6.64. The highest BCUT2D eigenvalue weighted by Crippen LogP contribution is 2.15. The maximum absolute atomic E-state index is 9.83. The largest absolute Gasteiger partial charge is 0.389 e. The molecule has 1 aromatic heterocycles. The van der Waals surface area contributed by atoms with Gasteiger partial charge in [-0.05, 0) is 38.1 Å². The third kappa shape index (κ3) is 4.13. The number of likely N-dealkylation sites (tertiary alicyclic amines) is 1. The van der Waals surface area contributed by atoms with Crippen LogP contribution in [0.1, 0.15) is 18.7 Å². The average molecular weight is 332 g/mol. The first-order valence-electron chi connectivity index (χ1n) is 8.70. The zero-order valence-corrected chi connectivity index (χ0v) is 14.6. The van der Waals surface area contributed by atoms with Gasteiger partial charge in [0.25, 0.3) is 0 Å². The number of nitrogens with zero attached hydrogens (tertiary/aromatic N) is 3. The van der Waals surface area contributed by atoms with Crippen LogP contribution in [0.2, 0.25) is 0 Å². The summed E-state index contributed by atoms with van der Waals surface area (Å²) >= 11 is 0. The van der Waals surface area contributed by atoms with Crippen molar-refractivity contribution in [3.05, 3.63) is 30.1 Å². The first-order chi connectivity index (χ1) is 11.7. The zero-order chi connectivity index (χ0) is 16.9. The molecule has 132 valence electrons. The van der Waals surface area contributed by atoms with Crippen LogP contribution in [0, 0.1) is 0 Å². The van der Waals surface area contributed by atoms with Crippen molar-refractivity contribution in [2.24, 2.45) is 7.05 Å². The summed E-state index contributed by atoms with van der Waals surface area (Å²) in [6.07, 6.45) is 1.81. The maximum atomic E-state index is 9.83. The number of hydrogen-bond donors (Lipinski definition) is 2. The Bertz CT molecular complexity index is 650. The summed E-state index contributed by atoms with van der Waals surface area (Å²) < 4.78 is 7.16. The highest BCUT2D eigenvalue weighted by molar-refractivity contribution is 5.75. The molecule has 0 saturated carbocycles. The molecular formula is C18H28N4O2. The van der Waals surface area contributed by atoms with Gasteiger partial charge in [-0.3, -0.25) is 0 Å². The lowest BCUT2D eigenvalue weighted by molar-refractivity contribution is 0.0310. The van der Waals surface area contributed by atoms with Crippen molar-refractivity contribution in [3.8, 4) is 0 Å². The van der Waals surface area contributed by atoms with Crippen LogP contribution >= 0.6 is 0 Å². The fourth-order valence-corrected chi connectivity index (χ4v) is 3.45. The number of ether oxygens (including phenoxy) is 1. The van der Waals surface area contributed by atoms with E-state index >= 15 is 0 Å².